The van der Waals surface area contributed by atoms with E-state index in [4.69, 9.17) is 4.74 Å². The number of nitrogens with one attached hydrogen (secondary N) is 2. The summed E-state index contributed by atoms with van der Waals surface area (Å²) in [4.78, 5) is 29.6. The second kappa shape index (κ2) is 11.9. The highest BCUT2D eigenvalue weighted by atomic mass is 127. The number of aryl methyl sites for hydroxylation is 1. The molecule has 0 radical (unpaired) electrons. The van der Waals surface area contributed by atoms with Crippen molar-refractivity contribution < 1.29 is 14.3 Å². The van der Waals surface area contributed by atoms with Crippen molar-refractivity contribution in [2.24, 2.45) is 4.99 Å². The minimum absolute atomic E-state index is 0. The van der Waals surface area contributed by atoms with Crippen molar-refractivity contribution >= 4 is 41.8 Å². The molecule has 1 fully saturated rings. The van der Waals surface area contributed by atoms with Crippen LogP contribution in [0.25, 0.3) is 0 Å². The van der Waals surface area contributed by atoms with Crippen LogP contribution in [-0.2, 0) is 9.59 Å². The number of guanidine groups is 1. The SMILES string of the molecule is CCNC(=NCCN1C(=O)CCCC1=O)NC(C)c1cc(C)ccc1OC.I. The average Bonchev–Trinajstić information content (AvgIpc) is 2.64. The number of nitrogens with zero attached hydrogens (tertiary/aromatic N) is 2. The molecule has 156 valence electrons. The van der Waals surface area contributed by atoms with E-state index in [1.165, 1.54) is 4.90 Å². The maximum Gasteiger partial charge on any atom is 0.229 e. The maximum absolute atomic E-state index is 11.9. The topological polar surface area (TPSA) is 83.0 Å². The fourth-order valence-electron chi connectivity index (χ4n) is 3.11. The minimum atomic E-state index is -0.0997. The number of ether oxygens (including phenoxy) is 1. The molecule has 1 atom stereocenters. The molecule has 2 rings (SSSR count). The quantitative estimate of drug-likeness (QED) is 0.260. The van der Waals surface area contributed by atoms with Crippen LogP contribution in [0.15, 0.2) is 23.2 Å². The van der Waals surface area contributed by atoms with Crippen LogP contribution < -0.4 is 15.4 Å². The molecule has 1 saturated heterocycles. The van der Waals surface area contributed by atoms with Gasteiger partial charge in [0.1, 0.15) is 5.75 Å². The van der Waals surface area contributed by atoms with Crippen molar-refractivity contribution in [3.8, 4) is 5.75 Å². The van der Waals surface area contributed by atoms with Gasteiger partial charge >= 0.3 is 0 Å². The first kappa shape index (κ1) is 24.2. The number of methoxy groups -OCH3 is 1. The summed E-state index contributed by atoms with van der Waals surface area (Å²) in [6, 6.07) is 6.04. The highest BCUT2D eigenvalue weighted by Gasteiger charge is 2.25. The van der Waals surface area contributed by atoms with Crippen molar-refractivity contribution in [2.45, 2.75) is 46.1 Å². The molecule has 2 N–H and O–H groups in total. The number of hydrogen-bond acceptors (Lipinski definition) is 4. The van der Waals surface area contributed by atoms with Crippen LogP contribution in [0.2, 0.25) is 0 Å². The summed E-state index contributed by atoms with van der Waals surface area (Å²) in [6.45, 7) is 7.47. The zero-order chi connectivity index (χ0) is 19.8. The van der Waals surface area contributed by atoms with Gasteiger partial charge < -0.3 is 15.4 Å². The van der Waals surface area contributed by atoms with E-state index in [1.807, 2.05) is 32.9 Å². The van der Waals surface area contributed by atoms with Crippen molar-refractivity contribution in [1.29, 1.82) is 0 Å². The fraction of sp³-hybridized carbons (Fsp3) is 0.550. The Balaban J connectivity index is 0.00000392. The third-order valence-electron chi connectivity index (χ3n) is 4.53. The third-order valence-corrected chi connectivity index (χ3v) is 4.53. The number of imide groups is 1. The number of likely N-dealkylation sites (tertiary alicyclic amines) is 1. The second-order valence-corrected chi connectivity index (χ2v) is 6.66. The highest BCUT2D eigenvalue weighted by Crippen LogP contribution is 2.25. The van der Waals surface area contributed by atoms with E-state index in [9.17, 15) is 9.59 Å². The summed E-state index contributed by atoms with van der Waals surface area (Å²) < 4.78 is 5.47. The summed E-state index contributed by atoms with van der Waals surface area (Å²) >= 11 is 0. The van der Waals surface area contributed by atoms with Crippen LogP contribution in [0.5, 0.6) is 5.75 Å². The molecular formula is C20H31IN4O3. The molecule has 0 spiro atoms. The number of hydrogen-bond donors (Lipinski definition) is 2. The highest BCUT2D eigenvalue weighted by molar-refractivity contribution is 14.0. The molecule has 2 amide bonds. The molecule has 28 heavy (non-hydrogen) atoms. The van der Waals surface area contributed by atoms with Crippen molar-refractivity contribution in [3.63, 3.8) is 0 Å². The first-order valence-corrected chi connectivity index (χ1v) is 9.48. The van der Waals surface area contributed by atoms with E-state index in [2.05, 4.69) is 21.7 Å². The lowest BCUT2D eigenvalue weighted by Crippen LogP contribution is -2.43. The van der Waals surface area contributed by atoms with E-state index in [0.29, 0.717) is 44.9 Å². The van der Waals surface area contributed by atoms with Crippen molar-refractivity contribution in [1.82, 2.24) is 15.5 Å². The van der Waals surface area contributed by atoms with Crippen molar-refractivity contribution in [3.05, 3.63) is 29.3 Å². The van der Waals surface area contributed by atoms with Crippen LogP contribution in [0.4, 0.5) is 0 Å². The molecule has 1 aromatic rings. The molecule has 1 aliphatic rings. The van der Waals surface area contributed by atoms with Gasteiger partial charge in [0.15, 0.2) is 5.96 Å². The van der Waals surface area contributed by atoms with Gasteiger partial charge in [0.05, 0.1) is 19.7 Å². The fourth-order valence-corrected chi connectivity index (χ4v) is 3.11. The molecule has 0 aromatic heterocycles. The number of carbonyl (C=O) groups is 2. The van der Waals surface area contributed by atoms with Gasteiger partial charge in [0, 0.05) is 31.5 Å². The molecule has 1 aliphatic heterocycles. The lowest BCUT2D eigenvalue weighted by molar-refractivity contribution is -0.147. The monoisotopic (exact) mass is 502 g/mol. The number of piperidine rings is 1. The Morgan fingerprint density at radius 1 is 1.29 bits per heavy atom. The van der Waals surface area contributed by atoms with Crippen LogP contribution in [-0.4, -0.2) is 49.4 Å². The zero-order valence-electron chi connectivity index (χ0n) is 17.1. The normalized spacial score (nSPS) is 15.7. The maximum atomic E-state index is 11.9. The Hall–Kier alpha value is -1.84. The van der Waals surface area contributed by atoms with Crippen LogP contribution in [0, 0.1) is 6.92 Å². The lowest BCUT2D eigenvalue weighted by atomic mass is 10.0. The van der Waals surface area contributed by atoms with Crippen LogP contribution in [0.1, 0.15) is 50.3 Å². The van der Waals surface area contributed by atoms with Gasteiger partial charge in [-0.2, -0.15) is 0 Å². The number of benzene rings is 1. The number of aliphatic imine (C=N–C) groups is 1. The summed E-state index contributed by atoms with van der Waals surface area (Å²) in [5, 5.41) is 6.57. The largest absolute Gasteiger partial charge is 0.496 e. The number of carbonyl (C=O) groups excluding carboxylic acids is 2. The van der Waals surface area contributed by atoms with E-state index in [0.717, 1.165) is 16.9 Å². The summed E-state index contributed by atoms with van der Waals surface area (Å²) in [7, 11) is 1.66. The Labute approximate surface area is 184 Å². The molecule has 0 aliphatic carbocycles. The predicted molar refractivity (Wildman–Crippen MR) is 121 cm³/mol. The van der Waals surface area contributed by atoms with Crippen LogP contribution in [0.3, 0.4) is 0 Å². The zero-order valence-corrected chi connectivity index (χ0v) is 19.4. The van der Waals surface area contributed by atoms with E-state index < -0.39 is 0 Å². The second-order valence-electron chi connectivity index (χ2n) is 6.66. The number of amides is 2. The van der Waals surface area contributed by atoms with Crippen molar-refractivity contribution in [2.75, 3.05) is 26.7 Å². The molecule has 0 bridgehead atoms. The Morgan fingerprint density at radius 2 is 1.96 bits per heavy atom. The molecular weight excluding hydrogens is 471 g/mol. The standard InChI is InChI=1S/C20H30N4O3.HI/c1-5-21-20(22-11-12-24-18(25)7-6-8-19(24)26)23-15(3)16-13-14(2)9-10-17(16)27-4;/h9-10,13,15H,5-8,11-12H2,1-4H3,(H2,21,22,23);1H. The van der Waals surface area contributed by atoms with Gasteiger partial charge in [0.25, 0.3) is 0 Å². The van der Waals surface area contributed by atoms with Gasteiger partial charge in [-0.25, -0.2) is 0 Å². The van der Waals surface area contributed by atoms with Gasteiger partial charge in [-0.05, 0) is 33.3 Å². The summed E-state index contributed by atoms with van der Waals surface area (Å²) in [6.07, 6.45) is 1.54. The van der Waals surface area contributed by atoms with Gasteiger partial charge in [-0.3, -0.25) is 19.5 Å². The average molecular weight is 502 g/mol. The molecule has 1 aromatic carbocycles. The third kappa shape index (κ3) is 6.65. The first-order chi connectivity index (χ1) is 13.0. The van der Waals surface area contributed by atoms with Gasteiger partial charge in [0.2, 0.25) is 11.8 Å². The summed E-state index contributed by atoms with van der Waals surface area (Å²) in [5.41, 5.74) is 2.20. The molecule has 1 heterocycles. The molecule has 7 nitrogen and oxygen atoms in total. The Kier molecular flexibility index (Phi) is 10.3. The Bertz CT molecular complexity index is 693. The van der Waals surface area contributed by atoms with E-state index in [1.54, 1.807) is 7.11 Å². The minimum Gasteiger partial charge on any atom is -0.496 e. The number of rotatable bonds is 7. The number of halogens is 1. The smallest absolute Gasteiger partial charge is 0.229 e. The predicted octanol–water partition coefficient (Wildman–Crippen LogP) is 2.78. The Morgan fingerprint density at radius 3 is 2.57 bits per heavy atom. The van der Waals surface area contributed by atoms with E-state index >= 15 is 0 Å². The summed E-state index contributed by atoms with van der Waals surface area (Å²) in [5.74, 6) is 1.26. The molecule has 0 saturated carbocycles. The van der Waals surface area contributed by atoms with Gasteiger partial charge in [-0.15, -0.1) is 24.0 Å². The molecule has 1 unspecified atom stereocenters. The molecule has 8 heteroatoms. The lowest BCUT2D eigenvalue weighted by Gasteiger charge is -2.24. The van der Waals surface area contributed by atoms with Crippen LogP contribution >= 0.6 is 24.0 Å². The first-order valence-electron chi connectivity index (χ1n) is 9.48. The van der Waals surface area contributed by atoms with Gasteiger partial charge in [-0.1, -0.05) is 17.7 Å². The van der Waals surface area contributed by atoms with E-state index in [-0.39, 0.29) is 41.8 Å².